The summed E-state index contributed by atoms with van der Waals surface area (Å²) < 4.78 is 33.6. The Balaban J connectivity index is 1.71. The molecule has 0 saturated carbocycles. The van der Waals surface area contributed by atoms with E-state index in [1.54, 1.807) is 13.8 Å². The Morgan fingerprint density at radius 1 is 1.00 bits per heavy atom. The van der Waals surface area contributed by atoms with Gasteiger partial charge in [-0.3, -0.25) is 19.2 Å². The van der Waals surface area contributed by atoms with Crippen LogP contribution in [0.4, 0.5) is 4.39 Å². The molecule has 38 heavy (non-hydrogen) atoms. The molecule has 1 aliphatic heterocycles. The zero-order valence-corrected chi connectivity index (χ0v) is 21.5. The number of aromatic nitrogens is 1. The van der Waals surface area contributed by atoms with Gasteiger partial charge < -0.3 is 34.7 Å². The highest BCUT2D eigenvalue weighted by molar-refractivity contribution is 5.99. The standard InChI is InChI=1S/C25H31FN4O8/c1-14-9-18(30-38-14)22(32)28-20(12-36-4)24(34)29-19(11-35-3)23(33)27-17(21(31)25(2)13-37-25)10-15-5-7-16(26)8-6-15/h5-9,17,19-20H,10-13H2,1-4H3,(H,27,33)(H,28,32)(H,29,34)/t17?,19-,20?,25?/m0/s1. The second kappa shape index (κ2) is 12.7. The van der Waals surface area contributed by atoms with E-state index in [0.29, 0.717) is 11.3 Å². The first kappa shape index (κ1) is 28.9. The van der Waals surface area contributed by atoms with Crippen molar-refractivity contribution in [3.8, 4) is 0 Å². The van der Waals surface area contributed by atoms with Gasteiger partial charge >= 0.3 is 0 Å². The number of benzene rings is 1. The molecule has 206 valence electrons. The first-order valence-electron chi connectivity index (χ1n) is 11.8. The third kappa shape index (κ3) is 7.66. The van der Waals surface area contributed by atoms with E-state index >= 15 is 0 Å². The minimum Gasteiger partial charge on any atom is -0.382 e. The van der Waals surface area contributed by atoms with Crippen molar-refractivity contribution >= 4 is 23.5 Å². The number of amides is 3. The molecule has 4 atom stereocenters. The van der Waals surface area contributed by atoms with Crippen LogP contribution in [-0.4, -0.2) is 86.4 Å². The minimum atomic E-state index is -1.21. The number of hydrogen-bond acceptors (Lipinski definition) is 9. The Bertz CT molecular complexity index is 1150. The van der Waals surface area contributed by atoms with Crippen molar-refractivity contribution in [2.24, 2.45) is 0 Å². The molecular formula is C25H31FN4O8. The van der Waals surface area contributed by atoms with Crippen molar-refractivity contribution in [1.82, 2.24) is 21.1 Å². The van der Waals surface area contributed by atoms with Crippen molar-refractivity contribution in [3.63, 3.8) is 0 Å². The Morgan fingerprint density at radius 2 is 1.55 bits per heavy atom. The Hall–Kier alpha value is -3.68. The predicted octanol–water partition coefficient (Wildman–Crippen LogP) is 0.0836. The third-order valence-corrected chi connectivity index (χ3v) is 5.87. The van der Waals surface area contributed by atoms with Crippen LogP contribution in [0.3, 0.4) is 0 Å². The van der Waals surface area contributed by atoms with Crippen LogP contribution < -0.4 is 16.0 Å². The van der Waals surface area contributed by atoms with Crippen LogP contribution in [0.2, 0.25) is 0 Å². The smallest absolute Gasteiger partial charge is 0.274 e. The van der Waals surface area contributed by atoms with Crippen LogP contribution >= 0.6 is 0 Å². The van der Waals surface area contributed by atoms with Gasteiger partial charge in [0.25, 0.3) is 5.91 Å². The fourth-order valence-electron chi connectivity index (χ4n) is 3.63. The van der Waals surface area contributed by atoms with Crippen molar-refractivity contribution in [2.45, 2.75) is 44.0 Å². The molecule has 1 aromatic carbocycles. The fraction of sp³-hybridized carbons (Fsp3) is 0.480. The van der Waals surface area contributed by atoms with Crippen molar-refractivity contribution < 1.29 is 42.3 Å². The highest BCUT2D eigenvalue weighted by Gasteiger charge is 2.50. The molecule has 3 N–H and O–H groups in total. The number of carbonyl (C=O) groups is 4. The van der Waals surface area contributed by atoms with E-state index in [1.807, 2.05) is 0 Å². The number of methoxy groups -OCH3 is 2. The van der Waals surface area contributed by atoms with Gasteiger partial charge in [0.05, 0.1) is 25.9 Å². The molecule has 3 amide bonds. The summed E-state index contributed by atoms with van der Waals surface area (Å²) in [7, 11) is 2.69. The van der Waals surface area contributed by atoms with Gasteiger partial charge in [0.15, 0.2) is 11.5 Å². The average Bonchev–Trinajstić information content (AvgIpc) is 3.49. The summed E-state index contributed by atoms with van der Waals surface area (Å²) >= 11 is 0. The molecule has 3 unspecified atom stereocenters. The first-order chi connectivity index (χ1) is 18.1. The van der Waals surface area contributed by atoms with Crippen molar-refractivity contribution in [2.75, 3.05) is 34.0 Å². The zero-order valence-electron chi connectivity index (χ0n) is 21.5. The number of aryl methyl sites for hydroxylation is 1. The second-order valence-corrected chi connectivity index (χ2v) is 9.10. The number of carbonyl (C=O) groups excluding carboxylic acids is 4. The molecule has 0 radical (unpaired) electrons. The lowest BCUT2D eigenvalue weighted by Gasteiger charge is -2.25. The summed E-state index contributed by atoms with van der Waals surface area (Å²) in [6, 6.07) is 3.55. The van der Waals surface area contributed by atoms with Gasteiger partial charge in [-0.05, 0) is 38.0 Å². The number of rotatable bonds is 14. The number of hydrogen-bond donors (Lipinski definition) is 3. The highest BCUT2D eigenvalue weighted by atomic mass is 19.1. The predicted molar refractivity (Wildman–Crippen MR) is 130 cm³/mol. The largest absolute Gasteiger partial charge is 0.382 e. The Labute approximate surface area is 218 Å². The summed E-state index contributed by atoms with van der Waals surface area (Å²) in [4.78, 5) is 51.7. The van der Waals surface area contributed by atoms with E-state index < -0.39 is 47.3 Å². The molecular weight excluding hydrogens is 503 g/mol. The third-order valence-electron chi connectivity index (χ3n) is 5.87. The molecule has 0 aliphatic carbocycles. The van der Waals surface area contributed by atoms with Gasteiger partial charge in [-0.25, -0.2) is 4.39 Å². The second-order valence-electron chi connectivity index (χ2n) is 9.10. The molecule has 2 aromatic rings. The lowest BCUT2D eigenvalue weighted by atomic mass is 9.94. The van der Waals surface area contributed by atoms with Crippen LogP contribution in [0.5, 0.6) is 0 Å². The lowest BCUT2D eigenvalue weighted by molar-refractivity contribution is -0.134. The maximum Gasteiger partial charge on any atom is 0.274 e. The lowest BCUT2D eigenvalue weighted by Crippen LogP contribution is -2.59. The maximum atomic E-state index is 13.3. The number of ketones is 1. The zero-order chi connectivity index (χ0) is 27.9. The summed E-state index contributed by atoms with van der Waals surface area (Å²) in [5.74, 6) is -2.47. The molecule has 3 rings (SSSR count). The Kier molecular flexibility index (Phi) is 9.66. The van der Waals surface area contributed by atoms with Crippen LogP contribution in [0.1, 0.15) is 28.7 Å². The van der Waals surface area contributed by atoms with Gasteiger partial charge in [0, 0.05) is 20.3 Å². The van der Waals surface area contributed by atoms with E-state index in [9.17, 15) is 23.6 Å². The molecule has 13 heteroatoms. The number of nitrogens with one attached hydrogen (secondary N) is 3. The summed E-state index contributed by atoms with van der Waals surface area (Å²) in [5, 5.41) is 11.3. The van der Waals surface area contributed by atoms with E-state index in [-0.39, 0.29) is 37.7 Å². The van der Waals surface area contributed by atoms with Gasteiger partial charge in [-0.15, -0.1) is 0 Å². The monoisotopic (exact) mass is 534 g/mol. The van der Waals surface area contributed by atoms with E-state index in [2.05, 4.69) is 21.1 Å². The van der Waals surface area contributed by atoms with Gasteiger partial charge in [-0.1, -0.05) is 17.3 Å². The van der Waals surface area contributed by atoms with Gasteiger partial charge in [0.1, 0.15) is 29.3 Å². The summed E-state index contributed by atoms with van der Waals surface area (Å²) in [5.41, 5.74) is -0.446. The quantitative estimate of drug-likeness (QED) is 0.285. The number of Topliss-reactive ketones (excluding diaryl/α,β-unsaturated/α-hetero) is 1. The molecule has 1 fully saturated rings. The van der Waals surface area contributed by atoms with Gasteiger partial charge in [-0.2, -0.15) is 0 Å². The van der Waals surface area contributed by atoms with Crippen molar-refractivity contribution in [1.29, 1.82) is 0 Å². The molecule has 1 aromatic heterocycles. The number of halogens is 1. The molecule has 12 nitrogen and oxygen atoms in total. The van der Waals surface area contributed by atoms with Crippen LogP contribution in [-0.2, 0) is 35.0 Å². The highest BCUT2D eigenvalue weighted by Crippen LogP contribution is 2.29. The van der Waals surface area contributed by atoms with Crippen molar-refractivity contribution in [3.05, 3.63) is 53.2 Å². The summed E-state index contributed by atoms with van der Waals surface area (Å²) in [6.45, 7) is 3.02. The molecule has 1 aliphatic rings. The maximum absolute atomic E-state index is 13.3. The average molecular weight is 535 g/mol. The van der Waals surface area contributed by atoms with Gasteiger partial charge in [0.2, 0.25) is 11.8 Å². The number of ether oxygens (including phenoxy) is 3. The topological polar surface area (TPSA) is 161 Å². The normalized spacial score (nSPS) is 18.7. The molecule has 2 heterocycles. The van der Waals surface area contributed by atoms with E-state index in [0.717, 1.165) is 0 Å². The van der Waals surface area contributed by atoms with E-state index in [1.165, 1.54) is 44.6 Å². The number of epoxide rings is 1. The molecule has 0 bridgehead atoms. The Morgan fingerprint density at radius 3 is 2.05 bits per heavy atom. The van der Waals surface area contributed by atoms with Crippen LogP contribution in [0, 0.1) is 12.7 Å². The first-order valence-corrected chi connectivity index (χ1v) is 11.8. The van der Waals surface area contributed by atoms with Crippen LogP contribution in [0.15, 0.2) is 34.9 Å². The SMILES string of the molecule is COCC(NC(=O)c1cc(C)on1)C(=O)N[C@@H](COC)C(=O)NC(Cc1ccc(F)cc1)C(=O)C1(C)CO1. The van der Waals surface area contributed by atoms with Crippen LogP contribution in [0.25, 0.3) is 0 Å². The minimum absolute atomic E-state index is 0.0273. The fourth-order valence-corrected chi connectivity index (χ4v) is 3.63. The summed E-state index contributed by atoms with van der Waals surface area (Å²) in [6.07, 6.45) is 0.0803. The molecule has 1 saturated heterocycles. The number of nitrogens with zero attached hydrogens (tertiary/aromatic N) is 1. The van der Waals surface area contributed by atoms with E-state index in [4.69, 9.17) is 18.7 Å². The molecule has 0 spiro atoms.